The van der Waals surface area contributed by atoms with Crippen LogP contribution in [0.3, 0.4) is 0 Å². The van der Waals surface area contributed by atoms with E-state index in [1.807, 2.05) is 11.3 Å². The first-order valence-corrected chi connectivity index (χ1v) is 5.88. The van der Waals surface area contributed by atoms with E-state index in [1.165, 1.54) is 21.6 Å². The van der Waals surface area contributed by atoms with Crippen LogP contribution in [0, 0.1) is 12.3 Å². The lowest BCUT2D eigenvalue weighted by molar-refractivity contribution is 0.958. The highest BCUT2D eigenvalue weighted by molar-refractivity contribution is 7.10. The molecule has 1 aromatic carbocycles. The highest BCUT2D eigenvalue weighted by Crippen LogP contribution is 2.38. The standard InChI is InChI=1S/C14H10S/c1-2-11-12-6-4-3-5-10(12)9-14-13(11)7-8-15-14/h1,3-8,11H,9H2/t11-/m1/s1. The van der Waals surface area contributed by atoms with Gasteiger partial charge in [0.2, 0.25) is 0 Å². The Morgan fingerprint density at radius 3 is 2.93 bits per heavy atom. The summed E-state index contributed by atoms with van der Waals surface area (Å²) in [4.78, 5) is 1.43. The fraction of sp³-hybridized carbons (Fsp3) is 0.143. The summed E-state index contributed by atoms with van der Waals surface area (Å²) < 4.78 is 0. The normalized spacial score (nSPS) is 17.7. The Labute approximate surface area is 93.6 Å². The molecule has 0 unspecified atom stereocenters. The Bertz CT molecular complexity index is 542. The summed E-state index contributed by atoms with van der Waals surface area (Å²) >= 11 is 1.81. The lowest BCUT2D eigenvalue weighted by Gasteiger charge is -2.21. The molecule has 2 aromatic rings. The summed E-state index contributed by atoms with van der Waals surface area (Å²) in [5.74, 6) is 3.07. The van der Waals surface area contributed by atoms with Gasteiger partial charge in [-0.2, -0.15) is 0 Å². The van der Waals surface area contributed by atoms with E-state index in [4.69, 9.17) is 6.42 Å². The van der Waals surface area contributed by atoms with Gasteiger partial charge in [-0.15, -0.1) is 17.8 Å². The smallest absolute Gasteiger partial charge is 0.0713 e. The third kappa shape index (κ3) is 1.22. The minimum atomic E-state index is 0.163. The van der Waals surface area contributed by atoms with Crippen LogP contribution in [-0.4, -0.2) is 0 Å². The molecule has 0 N–H and O–H groups in total. The van der Waals surface area contributed by atoms with Crippen molar-refractivity contribution >= 4 is 11.3 Å². The van der Waals surface area contributed by atoms with E-state index in [0.717, 1.165) is 6.42 Å². The van der Waals surface area contributed by atoms with Crippen LogP contribution in [0.25, 0.3) is 0 Å². The molecule has 0 radical (unpaired) electrons. The van der Waals surface area contributed by atoms with Crippen LogP contribution in [-0.2, 0) is 6.42 Å². The summed E-state index contributed by atoms with van der Waals surface area (Å²) in [6.07, 6.45) is 6.69. The van der Waals surface area contributed by atoms with Gasteiger partial charge in [-0.3, -0.25) is 0 Å². The van der Waals surface area contributed by atoms with Gasteiger partial charge in [-0.25, -0.2) is 0 Å². The first-order chi connectivity index (χ1) is 7.40. The number of benzene rings is 1. The van der Waals surface area contributed by atoms with Crippen LogP contribution < -0.4 is 0 Å². The highest BCUT2D eigenvalue weighted by atomic mass is 32.1. The van der Waals surface area contributed by atoms with E-state index in [2.05, 4.69) is 41.6 Å². The molecule has 1 aliphatic carbocycles. The molecule has 1 heterocycles. The molecule has 1 aliphatic rings. The topological polar surface area (TPSA) is 0 Å². The molecule has 0 bridgehead atoms. The fourth-order valence-electron chi connectivity index (χ4n) is 2.25. The van der Waals surface area contributed by atoms with Crippen molar-refractivity contribution in [3.63, 3.8) is 0 Å². The number of thiophene rings is 1. The molecular weight excluding hydrogens is 200 g/mol. The van der Waals surface area contributed by atoms with Crippen LogP contribution in [0.2, 0.25) is 0 Å². The van der Waals surface area contributed by atoms with Crippen LogP contribution in [0.15, 0.2) is 35.7 Å². The van der Waals surface area contributed by atoms with E-state index < -0.39 is 0 Å². The van der Waals surface area contributed by atoms with Crippen molar-refractivity contribution in [2.45, 2.75) is 12.3 Å². The van der Waals surface area contributed by atoms with Crippen molar-refractivity contribution in [1.82, 2.24) is 0 Å². The first kappa shape index (κ1) is 8.76. The zero-order valence-corrected chi connectivity index (χ0v) is 9.05. The lowest BCUT2D eigenvalue weighted by atomic mass is 9.82. The second kappa shape index (κ2) is 3.25. The van der Waals surface area contributed by atoms with Gasteiger partial charge in [0.25, 0.3) is 0 Å². The molecular formula is C14H10S. The Hall–Kier alpha value is -1.52. The molecule has 1 atom stereocenters. The van der Waals surface area contributed by atoms with Crippen molar-refractivity contribution in [2.75, 3.05) is 0 Å². The number of hydrogen-bond donors (Lipinski definition) is 0. The first-order valence-electron chi connectivity index (χ1n) is 5.00. The second-order valence-corrected chi connectivity index (χ2v) is 4.78. The molecule has 0 amide bonds. The zero-order chi connectivity index (χ0) is 10.3. The maximum atomic E-state index is 5.65. The maximum absolute atomic E-state index is 5.65. The summed E-state index contributed by atoms with van der Waals surface area (Å²) in [5, 5.41) is 2.14. The predicted molar refractivity (Wildman–Crippen MR) is 64.2 cm³/mol. The minimum Gasteiger partial charge on any atom is -0.148 e. The molecule has 3 rings (SSSR count). The van der Waals surface area contributed by atoms with Gasteiger partial charge >= 0.3 is 0 Å². The van der Waals surface area contributed by atoms with E-state index >= 15 is 0 Å². The molecule has 0 spiro atoms. The van der Waals surface area contributed by atoms with Gasteiger partial charge < -0.3 is 0 Å². The minimum absolute atomic E-state index is 0.163. The Kier molecular flexibility index (Phi) is 1.90. The SMILES string of the molecule is C#C[C@@H]1c2ccccc2Cc2sccc21. The molecule has 0 fully saturated rings. The maximum Gasteiger partial charge on any atom is 0.0713 e. The van der Waals surface area contributed by atoms with Crippen molar-refractivity contribution in [1.29, 1.82) is 0 Å². The molecule has 15 heavy (non-hydrogen) atoms. The number of hydrogen-bond acceptors (Lipinski definition) is 1. The molecule has 0 aliphatic heterocycles. The van der Waals surface area contributed by atoms with Gasteiger partial charge in [0.05, 0.1) is 5.92 Å². The van der Waals surface area contributed by atoms with E-state index in [0.29, 0.717) is 0 Å². The zero-order valence-electron chi connectivity index (χ0n) is 8.23. The van der Waals surface area contributed by atoms with E-state index in [9.17, 15) is 0 Å². The van der Waals surface area contributed by atoms with Gasteiger partial charge in [0.1, 0.15) is 0 Å². The molecule has 0 saturated heterocycles. The number of fused-ring (bicyclic) bond motifs is 2. The average molecular weight is 210 g/mol. The van der Waals surface area contributed by atoms with Crippen molar-refractivity contribution in [2.24, 2.45) is 0 Å². The van der Waals surface area contributed by atoms with E-state index in [1.54, 1.807) is 0 Å². The van der Waals surface area contributed by atoms with Gasteiger partial charge in [0.15, 0.2) is 0 Å². The van der Waals surface area contributed by atoms with Gasteiger partial charge in [-0.1, -0.05) is 30.2 Å². The molecule has 1 aromatic heterocycles. The van der Waals surface area contributed by atoms with E-state index in [-0.39, 0.29) is 5.92 Å². The lowest BCUT2D eigenvalue weighted by Crippen LogP contribution is -2.09. The Balaban J connectivity index is 2.24. The number of rotatable bonds is 0. The monoisotopic (exact) mass is 210 g/mol. The second-order valence-electron chi connectivity index (χ2n) is 3.77. The molecule has 0 nitrogen and oxygen atoms in total. The predicted octanol–water partition coefficient (Wildman–Crippen LogP) is 3.42. The average Bonchev–Trinajstić information content (AvgIpc) is 2.73. The van der Waals surface area contributed by atoms with Gasteiger partial charge in [0, 0.05) is 11.3 Å². The third-order valence-corrected chi connectivity index (χ3v) is 3.91. The Morgan fingerprint density at radius 2 is 2.07 bits per heavy atom. The van der Waals surface area contributed by atoms with Gasteiger partial charge in [-0.05, 0) is 28.1 Å². The highest BCUT2D eigenvalue weighted by Gasteiger charge is 2.24. The quantitative estimate of drug-likeness (QED) is 0.584. The third-order valence-electron chi connectivity index (χ3n) is 2.97. The molecule has 1 heteroatoms. The summed E-state index contributed by atoms with van der Waals surface area (Å²) in [6.45, 7) is 0. The van der Waals surface area contributed by atoms with Crippen molar-refractivity contribution < 1.29 is 0 Å². The van der Waals surface area contributed by atoms with Crippen LogP contribution in [0.5, 0.6) is 0 Å². The fourth-order valence-corrected chi connectivity index (χ4v) is 3.19. The summed E-state index contributed by atoms with van der Waals surface area (Å²) in [7, 11) is 0. The largest absolute Gasteiger partial charge is 0.148 e. The van der Waals surface area contributed by atoms with Crippen molar-refractivity contribution in [3.8, 4) is 12.3 Å². The van der Waals surface area contributed by atoms with Crippen LogP contribution in [0.1, 0.15) is 27.5 Å². The summed E-state index contributed by atoms with van der Waals surface area (Å²) in [6, 6.07) is 10.7. The van der Waals surface area contributed by atoms with Crippen LogP contribution >= 0.6 is 11.3 Å². The molecule has 0 saturated carbocycles. The Morgan fingerprint density at radius 1 is 1.20 bits per heavy atom. The number of terminal acetylenes is 1. The van der Waals surface area contributed by atoms with Crippen LogP contribution in [0.4, 0.5) is 0 Å². The van der Waals surface area contributed by atoms with Crippen molar-refractivity contribution in [3.05, 3.63) is 57.3 Å². The summed E-state index contributed by atoms with van der Waals surface area (Å²) in [5.41, 5.74) is 4.03. The molecule has 72 valence electrons.